The summed E-state index contributed by atoms with van der Waals surface area (Å²) in [6.07, 6.45) is 2.83. The minimum absolute atomic E-state index is 0.0139. The number of cyclic esters (lactones) is 1. The Kier molecular flexibility index (Phi) is 5.80. The Morgan fingerprint density at radius 3 is 2.52 bits per heavy atom. The number of fused-ring (bicyclic) bond motifs is 3. The van der Waals surface area contributed by atoms with Crippen molar-refractivity contribution in [1.29, 1.82) is 0 Å². The molecule has 7 rings (SSSR count). The summed E-state index contributed by atoms with van der Waals surface area (Å²) in [4.78, 5) is 26.4. The van der Waals surface area contributed by atoms with Gasteiger partial charge in [-0.15, -0.1) is 0 Å². The first-order valence-corrected chi connectivity index (χ1v) is 14.3. The number of carbonyl (C=O) groups excluding carboxylic acids is 2. The maximum Gasteiger partial charge on any atom is 0.338 e. The summed E-state index contributed by atoms with van der Waals surface area (Å²) in [6.45, 7) is 7.67. The van der Waals surface area contributed by atoms with Crippen molar-refractivity contribution in [3.63, 3.8) is 0 Å². The minimum atomic E-state index is -1.18. The summed E-state index contributed by atoms with van der Waals surface area (Å²) in [7, 11) is 0. The fraction of sp³-hybridized carbons (Fsp3) is 0.793. The van der Waals surface area contributed by atoms with E-state index in [0.29, 0.717) is 19.4 Å². The van der Waals surface area contributed by atoms with Crippen LogP contribution in [0.1, 0.15) is 47.0 Å². The van der Waals surface area contributed by atoms with Crippen LogP contribution in [0.5, 0.6) is 0 Å². The molecule has 2 spiro atoms. The molecule has 2 aliphatic carbocycles. The lowest BCUT2D eigenvalue weighted by atomic mass is 9.50. The molecular weight excluding hydrogens is 524 g/mol. The van der Waals surface area contributed by atoms with Gasteiger partial charge in [-0.1, -0.05) is 25.2 Å². The molecule has 6 fully saturated rings. The largest absolute Gasteiger partial charge is 0.463 e. The second kappa shape index (κ2) is 8.59. The zero-order valence-electron chi connectivity index (χ0n) is 23.2. The van der Waals surface area contributed by atoms with Gasteiger partial charge in [0.15, 0.2) is 6.10 Å². The molecule has 2 bridgehead atoms. The number of carbonyl (C=O) groups is 2. The molecule has 220 valence electrons. The number of aliphatic hydroxyl groups excluding tert-OH is 2. The van der Waals surface area contributed by atoms with Crippen molar-refractivity contribution in [2.45, 2.75) is 113 Å². The normalized spacial score (nSPS) is 57.2. The molecule has 40 heavy (non-hydrogen) atoms. The van der Waals surface area contributed by atoms with Gasteiger partial charge < -0.3 is 43.4 Å². The fourth-order valence-electron chi connectivity index (χ4n) is 8.09. The number of allylic oxidation sites excluding steroid dienone is 2. The first-order valence-electron chi connectivity index (χ1n) is 14.3. The standard InChI is InChI=1S/C29H38O11/c1-15(30)16-7-5-6-8-20(32)37-18-11-19-29(14-36-29)27(18,4)28(10-9-25(2)21(39-25)22(28)38-19)13-35-24(33)23-26(3,40-23)17(31)12-34-16/h5-8,15-19,21-23,30-31H,9-14H2,1-4H3/b7-5+,8-6-/t15-,16-,17+,18-,19-,21+,22-,23-,25-,26-,27-,28-,29-/m1/s1. The zero-order chi connectivity index (χ0) is 28.3. The summed E-state index contributed by atoms with van der Waals surface area (Å²) in [6, 6.07) is 0. The van der Waals surface area contributed by atoms with Crippen molar-refractivity contribution in [1.82, 2.24) is 0 Å². The van der Waals surface area contributed by atoms with Gasteiger partial charge >= 0.3 is 11.9 Å². The van der Waals surface area contributed by atoms with Crippen LogP contribution in [0.3, 0.4) is 0 Å². The van der Waals surface area contributed by atoms with Gasteiger partial charge in [-0.25, -0.2) is 9.59 Å². The summed E-state index contributed by atoms with van der Waals surface area (Å²) in [5.41, 5.74) is -3.54. The van der Waals surface area contributed by atoms with Crippen molar-refractivity contribution in [2.24, 2.45) is 10.8 Å². The van der Waals surface area contributed by atoms with E-state index in [0.717, 1.165) is 6.42 Å². The van der Waals surface area contributed by atoms with E-state index in [4.69, 9.17) is 33.2 Å². The number of hydrogen-bond donors (Lipinski definition) is 2. The molecule has 0 aromatic heterocycles. The average molecular weight is 563 g/mol. The topological polar surface area (TPSA) is 149 Å². The van der Waals surface area contributed by atoms with Crippen LogP contribution in [0.15, 0.2) is 24.3 Å². The highest BCUT2D eigenvalue weighted by Crippen LogP contribution is 2.75. The molecule has 0 aromatic rings. The van der Waals surface area contributed by atoms with Crippen molar-refractivity contribution in [3.8, 4) is 0 Å². The van der Waals surface area contributed by atoms with Crippen LogP contribution in [0.4, 0.5) is 0 Å². The highest BCUT2D eigenvalue weighted by atomic mass is 16.7. The predicted octanol–water partition coefficient (Wildman–Crippen LogP) is 0.736. The third kappa shape index (κ3) is 3.55. The average Bonchev–Trinajstić information content (AvgIpc) is 3.81. The van der Waals surface area contributed by atoms with Crippen LogP contribution in [0.2, 0.25) is 0 Å². The van der Waals surface area contributed by atoms with Crippen LogP contribution >= 0.6 is 0 Å². The third-order valence-corrected chi connectivity index (χ3v) is 11.1. The van der Waals surface area contributed by atoms with Crippen molar-refractivity contribution in [3.05, 3.63) is 24.3 Å². The van der Waals surface area contributed by atoms with Gasteiger partial charge in [0.2, 0.25) is 0 Å². The molecule has 13 atom stereocenters. The Balaban J connectivity index is 1.25. The van der Waals surface area contributed by atoms with Gasteiger partial charge in [0.05, 0.1) is 42.5 Å². The van der Waals surface area contributed by atoms with E-state index in [2.05, 4.69) is 13.8 Å². The molecule has 5 aliphatic heterocycles. The Bertz CT molecular complexity index is 1160. The summed E-state index contributed by atoms with van der Waals surface area (Å²) < 4.78 is 42.6. The molecule has 0 amide bonds. The maximum atomic E-state index is 13.4. The van der Waals surface area contributed by atoms with Gasteiger partial charge in [0.25, 0.3) is 0 Å². The highest BCUT2D eigenvalue weighted by Gasteiger charge is 2.86. The fourth-order valence-corrected chi connectivity index (χ4v) is 8.09. The van der Waals surface area contributed by atoms with E-state index in [9.17, 15) is 19.8 Å². The van der Waals surface area contributed by atoms with E-state index in [-0.39, 0.29) is 37.1 Å². The van der Waals surface area contributed by atoms with E-state index in [1.54, 1.807) is 26.0 Å². The van der Waals surface area contributed by atoms with Crippen molar-refractivity contribution >= 4 is 11.9 Å². The van der Waals surface area contributed by atoms with E-state index >= 15 is 0 Å². The monoisotopic (exact) mass is 562 g/mol. The Labute approximate surface area is 232 Å². The summed E-state index contributed by atoms with van der Waals surface area (Å²) in [5, 5.41) is 20.9. The number of epoxide rings is 3. The van der Waals surface area contributed by atoms with E-state index < -0.39 is 64.5 Å². The number of hydrogen-bond acceptors (Lipinski definition) is 11. The van der Waals surface area contributed by atoms with Gasteiger partial charge in [-0.3, -0.25) is 0 Å². The van der Waals surface area contributed by atoms with Crippen LogP contribution < -0.4 is 0 Å². The molecule has 0 radical (unpaired) electrons. The molecule has 0 aromatic carbocycles. The molecule has 0 unspecified atom stereocenters. The number of esters is 2. The summed E-state index contributed by atoms with van der Waals surface area (Å²) >= 11 is 0. The Morgan fingerprint density at radius 2 is 1.80 bits per heavy atom. The third-order valence-electron chi connectivity index (χ3n) is 11.1. The first kappa shape index (κ1) is 27.0. The van der Waals surface area contributed by atoms with Gasteiger partial charge in [0, 0.05) is 17.9 Å². The van der Waals surface area contributed by atoms with Gasteiger partial charge in [-0.2, -0.15) is 0 Å². The molecule has 5 heterocycles. The van der Waals surface area contributed by atoms with E-state index in [1.807, 2.05) is 0 Å². The molecule has 11 heteroatoms. The molecule has 2 saturated carbocycles. The SMILES string of the molecule is C[C@@H](O)[C@H]1/C=C/C=C\C(=O)O[C@@H]2C[C@H]3O[C@@H]4[C@@H]5O[C@]5(C)CC[C@]4(COC(=O)[C@H]4O[C@]4(C)[C@@H](O)CO1)[C@]2(C)[C@@]31CO1. The smallest absolute Gasteiger partial charge is 0.338 e. The maximum absolute atomic E-state index is 13.4. The van der Waals surface area contributed by atoms with Crippen LogP contribution in [0, 0.1) is 10.8 Å². The van der Waals surface area contributed by atoms with Gasteiger partial charge in [0.1, 0.15) is 42.2 Å². The Morgan fingerprint density at radius 1 is 1.02 bits per heavy atom. The highest BCUT2D eigenvalue weighted by molar-refractivity contribution is 5.82. The zero-order valence-corrected chi connectivity index (χ0v) is 23.2. The van der Waals surface area contributed by atoms with Crippen LogP contribution in [0.25, 0.3) is 0 Å². The van der Waals surface area contributed by atoms with Crippen LogP contribution in [-0.2, 0) is 42.7 Å². The minimum Gasteiger partial charge on any atom is -0.463 e. The van der Waals surface area contributed by atoms with E-state index in [1.165, 1.54) is 12.2 Å². The lowest BCUT2D eigenvalue weighted by Gasteiger charge is -2.58. The second-order valence-corrected chi connectivity index (χ2v) is 13.2. The van der Waals surface area contributed by atoms with Crippen molar-refractivity contribution in [2.75, 3.05) is 19.8 Å². The second-order valence-electron chi connectivity index (χ2n) is 13.2. The lowest BCUT2D eigenvalue weighted by molar-refractivity contribution is -0.251. The quantitative estimate of drug-likeness (QED) is 0.344. The number of ether oxygens (including phenoxy) is 7. The molecular formula is C29H38O11. The molecule has 2 N–H and O–H groups in total. The first-order chi connectivity index (χ1) is 18.9. The number of rotatable bonds is 1. The van der Waals surface area contributed by atoms with Crippen molar-refractivity contribution < 1.29 is 53.0 Å². The van der Waals surface area contributed by atoms with Crippen LogP contribution in [-0.4, -0.2) is 108 Å². The lowest BCUT2D eigenvalue weighted by Crippen LogP contribution is -2.69. The summed E-state index contributed by atoms with van der Waals surface area (Å²) in [5.74, 6) is -1.10. The molecule has 11 nitrogen and oxygen atoms in total. The molecule has 7 aliphatic rings. The van der Waals surface area contributed by atoms with Gasteiger partial charge in [-0.05, 0) is 33.6 Å². The Hall–Kier alpha value is -1.86. The number of aliphatic hydroxyl groups is 2. The molecule has 4 saturated heterocycles. The predicted molar refractivity (Wildman–Crippen MR) is 135 cm³/mol.